The van der Waals surface area contributed by atoms with E-state index in [2.05, 4.69) is 50.8 Å². The van der Waals surface area contributed by atoms with Crippen LogP contribution in [0.1, 0.15) is 59.6 Å². The van der Waals surface area contributed by atoms with E-state index in [4.69, 9.17) is 19.5 Å². The van der Waals surface area contributed by atoms with Gasteiger partial charge in [-0.2, -0.15) is 10.4 Å². The molecule has 178 valence electrons. The van der Waals surface area contributed by atoms with Gasteiger partial charge in [0, 0.05) is 12.8 Å². The maximum absolute atomic E-state index is 10.1. The first-order valence-electron chi connectivity index (χ1n) is 10.7. The number of aromatic nitrogens is 3. The largest absolute Gasteiger partial charge is 0.382 e. The van der Waals surface area contributed by atoms with Crippen LogP contribution >= 0.6 is 8.60 Å². The minimum atomic E-state index is -2.09. The first-order chi connectivity index (χ1) is 14.9. The van der Waals surface area contributed by atoms with Gasteiger partial charge in [0.1, 0.15) is 17.9 Å². The number of rotatable bonds is 12. The predicted molar refractivity (Wildman–Crippen MR) is 125 cm³/mol. The number of nitriles is 1. The molecule has 0 saturated carbocycles. The molecule has 2 atom stereocenters. The number of fused-ring (bicyclic) bond motifs is 1. The van der Waals surface area contributed by atoms with Gasteiger partial charge in [-0.3, -0.25) is 0 Å². The van der Waals surface area contributed by atoms with E-state index in [1.807, 2.05) is 12.1 Å². The van der Waals surface area contributed by atoms with Gasteiger partial charge in [0.25, 0.3) is 0 Å². The number of hydrogen-bond acceptors (Lipinski definition) is 8. The highest BCUT2D eigenvalue weighted by atomic mass is 31.2. The number of hydrogen-bond donors (Lipinski definition) is 2. The summed E-state index contributed by atoms with van der Waals surface area (Å²) >= 11 is 0. The van der Waals surface area contributed by atoms with Gasteiger partial charge in [0.15, 0.2) is 11.4 Å². The summed E-state index contributed by atoms with van der Waals surface area (Å²) in [7, 11) is -0.637. The molecule has 32 heavy (non-hydrogen) atoms. The SMILES string of the molecule is COC(C#N)(CCc1ccc2c(N)ncnn12)COP(O)OCCCC(C)(C)C(C)(C)C. The van der Waals surface area contributed by atoms with Gasteiger partial charge in [-0.1, -0.05) is 34.6 Å². The third-order valence-electron chi connectivity index (χ3n) is 6.53. The van der Waals surface area contributed by atoms with Crippen molar-refractivity contribution in [3.05, 3.63) is 24.2 Å². The van der Waals surface area contributed by atoms with E-state index in [1.165, 1.54) is 13.4 Å². The zero-order valence-electron chi connectivity index (χ0n) is 20.0. The fraction of sp³-hybridized carbons (Fsp3) is 0.682. The Balaban J connectivity index is 1.85. The maximum atomic E-state index is 10.1. The smallest absolute Gasteiger partial charge is 0.329 e. The summed E-state index contributed by atoms with van der Waals surface area (Å²) in [6.45, 7) is 11.4. The lowest BCUT2D eigenvalue weighted by Gasteiger charge is -2.39. The average molecular weight is 466 g/mol. The molecule has 0 aliphatic carbocycles. The molecule has 2 heterocycles. The van der Waals surface area contributed by atoms with Crippen molar-refractivity contribution in [2.45, 2.75) is 65.9 Å². The summed E-state index contributed by atoms with van der Waals surface area (Å²) in [5, 5.41) is 13.9. The second kappa shape index (κ2) is 10.9. The maximum Gasteiger partial charge on any atom is 0.329 e. The third kappa shape index (κ3) is 6.60. The monoisotopic (exact) mass is 465 g/mol. The molecule has 0 aromatic carbocycles. The minimum absolute atomic E-state index is 0.101. The zero-order chi connectivity index (χ0) is 24.0. The third-order valence-corrected chi connectivity index (χ3v) is 7.28. The van der Waals surface area contributed by atoms with Crippen LogP contribution in [0.25, 0.3) is 5.52 Å². The Morgan fingerprint density at radius 1 is 1.19 bits per heavy atom. The molecule has 2 unspecified atom stereocenters. The first kappa shape index (κ1) is 26.4. The fourth-order valence-electron chi connectivity index (χ4n) is 3.12. The van der Waals surface area contributed by atoms with Crippen molar-refractivity contribution < 1.29 is 18.7 Å². The molecule has 2 aromatic rings. The standard InChI is InChI=1S/C22H36N5O4P/c1-20(2,3)21(4,5)11-7-13-30-32(28)31-15-22(14-23,29-6)12-10-17-8-9-18-19(24)25-16-26-27(17)18/h8-9,16,28H,7,10-13,15H2,1-6H3,(H2,24,25,26). The molecule has 0 radical (unpaired) electrons. The fourth-order valence-corrected chi connectivity index (χ4v) is 3.80. The van der Waals surface area contributed by atoms with Gasteiger partial charge < -0.3 is 24.4 Å². The van der Waals surface area contributed by atoms with Gasteiger partial charge in [-0.15, -0.1) is 0 Å². The van der Waals surface area contributed by atoms with Crippen molar-refractivity contribution in [3.8, 4) is 6.07 Å². The van der Waals surface area contributed by atoms with Gasteiger partial charge >= 0.3 is 8.60 Å². The lowest BCUT2D eigenvalue weighted by molar-refractivity contribution is -0.0110. The number of ether oxygens (including phenoxy) is 1. The quantitative estimate of drug-likeness (QED) is 0.352. The second-order valence-corrected chi connectivity index (χ2v) is 10.7. The molecule has 2 rings (SSSR count). The highest BCUT2D eigenvalue weighted by molar-refractivity contribution is 7.40. The highest BCUT2D eigenvalue weighted by Crippen LogP contribution is 2.42. The Kier molecular flexibility index (Phi) is 8.98. The van der Waals surface area contributed by atoms with Crippen molar-refractivity contribution in [3.63, 3.8) is 0 Å². The Bertz CT molecular complexity index is 921. The van der Waals surface area contributed by atoms with Crippen LogP contribution in [-0.4, -0.2) is 45.4 Å². The predicted octanol–water partition coefficient (Wildman–Crippen LogP) is 4.26. The number of nitrogen functional groups attached to an aromatic ring is 1. The van der Waals surface area contributed by atoms with Crippen LogP contribution in [0, 0.1) is 22.2 Å². The molecule has 0 spiro atoms. The van der Waals surface area contributed by atoms with Gasteiger partial charge in [-0.05, 0) is 48.6 Å². The number of nitrogens with zero attached hydrogens (tertiary/aromatic N) is 4. The highest BCUT2D eigenvalue weighted by Gasteiger charge is 2.33. The van der Waals surface area contributed by atoms with Gasteiger partial charge in [0.2, 0.25) is 0 Å². The van der Waals surface area contributed by atoms with Crippen LogP contribution in [0.4, 0.5) is 5.82 Å². The molecule has 10 heteroatoms. The second-order valence-electron chi connectivity index (χ2n) is 9.66. The zero-order valence-corrected chi connectivity index (χ0v) is 20.9. The van der Waals surface area contributed by atoms with E-state index >= 15 is 0 Å². The molecule has 0 fully saturated rings. The molecule has 0 saturated heterocycles. The molecular weight excluding hydrogens is 429 g/mol. The van der Waals surface area contributed by atoms with Crippen molar-refractivity contribution >= 4 is 19.9 Å². The van der Waals surface area contributed by atoms with Crippen LogP contribution in [0.5, 0.6) is 0 Å². The number of nitrogens with two attached hydrogens (primary N) is 1. The topological polar surface area (TPSA) is 128 Å². The van der Waals surface area contributed by atoms with E-state index in [0.29, 0.717) is 30.8 Å². The van der Waals surface area contributed by atoms with Gasteiger partial charge in [-0.25, -0.2) is 9.50 Å². The summed E-state index contributed by atoms with van der Waals surface area (Å²) in [5.41, 5.74) is 6.57. The van der Waals surface area contributed by atoms with Crippen LogP contribution in [-0.2, 0) is 20.2 Å². The number of aryl methyl sites for hydroxylation is 1. The Morgan fingerprint density at radius 2 is 1.91 bits per heavy atom. The Hall–Kier alpha value is -1.82. The molecule has 0 aliphatic heterocycles. The van der Waals surface area contributed by atoms with Crippen LogP contribution in [0.15, 0.2) is 18.5 Å². The summed E-state index contributed by atoms with van der Waals surface area (Å²) in [6, 6.07) is 5.90. The van der Waals surface area contributed by atoms with Crippen molar-refractivity contribution in [1.29, 1.82) is 5.26 Å². The van der Waals surface area contributed by atoms with Crippen molar-refractivity contribution in [2.75, 3.05) is 26.1 Å². The Labute approximate surface area is 191 Å². The molecule has 0 aliphatic rings. The number of methoxy groups -OCH3 is 1. The molecule has 2 aromatic heterocycles. The molecule has 0 amide bonds. The van der Waals surface area contributed by atoms with E-state index in [9.17, 15) is 10.2 Å². The Morgan fingerprint density at radius 3 is 2.53 bits per heavy atom. The van der Waals surface area contributed by atoms with Crippen molar-refractivity contribution in [2.24, 2.45) is 10.8 Å². The normalized spacial score (nSPS) is 15.4. The van der Waals surface area contributed by atoms with E-state index in [1.54, 1.807) is 4.52 Å². The molecule has 3 N–H and O–H groups in total. The lowest BCUT2D eigenvalue weighted by Crippen LogP contribution is -2.35. The molecular formula is C22H36N5O4P. The van der Waals surface area contributed by atoms with E-state index in [-0.39, 0.29) is 17.4 Å². The average Bonchev–Trinajstić information content (AvgIpc) is 3.15. The van der Waals surface area contributed by atoms with Gasteiger partial charge in [0.05, 0.1) is 13.2 Å². The summed E-state index contributed by atoms with van der Waals surface area (Å²) in [6.07, 6.45) is 4.02. The van der Waals surface area contributed by atoms with Crippen LogP contribution in [0.3, 0.4) is 0 Å². The minimum Gasteiger partial charge on any atom is -0.382 e. The van der Waals surface area contributed by atoms with E-state index in [0.717, 1.165) is 18.5 Å². The molecule has 9 nitrogen and oxygen atoms in total. The summed E-state index contributed by atoms with van der Waals surface area (Å²) < 4.78 is 18.1. The lowest BCUT2D eigenvalue weighted by atomic mass is 9.67. The van der Waals surface area contributed by atoms with Crippen molar-refractivity contribution in [1.82, 2.24) is 14.6 Å². The van der Waals surface area contributed by atoms with Crippen LogP contribution in [0.2, 0.25) is 0 Å². The molecule has 0 bridgehead atoms. The van der Waals surface area contributed by atoms with Crippen LogP contribution < -0.4 is 5.73 Å². The van der Waals surface area contributed by atoms with E-state index < -0.39 is 14.2 Å². The summed E-state index contributed by atoms with van der Waals surface area (Å²) in [5.74, 6) is 0.391. The first-order valence-corrected chi connectivity index (χ1v) is 11.9. The summed E-state index contributed by atoms with van der Waals surface area (Å²) in [4.78, 5) is 14.1. The number of anilines is 1.